The van der Waals surface area contributed by atoms with Gasteiger partial charge in [0.15, 0.2) is 5.76 Å². The van der Waals surface area contributed by atoms with E-state index in [9.17, 15) is 0 Å². The molecule has 0 aromatic carbocycles. The van der Waals surface area contributed by atoms with Crippen molar-refractivity contribution >= 4 is 0 Å². The average Bonchev–Trinajstić information content (AvgIpc) is 2.68. The van der Waals surface area contributed by atoms with Gasteiger partial charge < -0.3 is 10.2 Å². The Balaban J connectivity index is 2.36. The van der Waals surface area contributed by atoms with E-state index in [2.05, 4.69) is 10.2 Å². The molecule has 0 bridgehead atoms. The normalized spacial score (nSPS) is 10.5. The first kappa shape index (κ1) is 9.86. The van der Waals surface area contributed by atoms with Gasteiger partial charge in [0, 0.05) is 5.56 Å². The first-order valence-electron chi connectivity index (χ1n) is 4.88. The minimum Gasteiger partial charge on any atom is -0.462 e. The van der Waals surface area contributed by atoms with Gasteiger partial charge in [-0.05, 0) is 38.1 Å². The highest BCUT2D eigenvalue weighted by Gasteiger charge is 2.09. The van der Waals surface area contributed by atoms with Gasteiger partial charge in [0.25, 0.3) is 0 Å². The van der Waals surface area contributed by atoms with Gasteiger partial charge in [-0.15, -0.1) is 5.10 Å². The molecule has 15 heavy (non-hydrogen) atoms. The van der Waals surface area contributed by atoms with Gasteiger partial charge in [-0.1, -0.05) is 0 Å². The third-order valence-electron chi connectivity index (χ3n) is 2.19. The number of hydrogen-bond acceptors (Lipinski definition) is 4. The molecule has 2 aromatic rings. The minimum absolute atomic E-state index is 0.603. The van der Waals surface area contributed by atoms with E-state index >= 15 is 0 Å². The van der Waals surface area contributed by atoms with Crippen molar-refractivity contribution in [1.82, 2.24) is 10.2 Å². The SMILES string of the molecule is Cc1ccc(-c2occc2CCN)nn1. The lowest BCUT2D eigenvalue weighted by molar-refractivity contribution is 0.575. The third-order valence-corrected chi connectivity index (χ3v) is 2.19. The van der Waals surface area contributed by atoms with Crippen molar-refractivity contribution in [3.05, 3.63) is 35.7 Å². The van der Waals surface area contributed by atoms with Crippen LogP contribution in [0.25, 0.3) is 11.5 Å². The van der Waals surface area contributed by atoms with Crippen LogP contribution in [-0.2, 0) is 6.42 Å². The van der Waals surface area contributed by atoms with Crippen LogP contribution in [0.4, 0.5) is 0 Å². The quantitative estimate of drug-likeness (QED) is 0.821. The fourth-order valence-electron chi connectivity index (χ4n) is 1.43. The zero-order chi connectivity index (χ0) is 10.7. The van der Waals surface area contributed by atoms with E-state index in [0.717, 1.165) is 29.1 Å². The van der Waals surface area contributed by atoms with Gasteiger partial charge in [0.2, 0.25) is 0 Å². The Morgan fingerprint density at radius 2 is 2.13 bits per heavy atom. The highest BCUT2D eigenvalue weighted by atomic mass is 16.3. The first-order chi connectivity index (χ1) is 7.31. The summed E-state index contributed by atoms with van der Waals surface area (Å²) in [5, 5.41) is 8.07. The van der Waals surface area contributed by atoms with Crippen molar-refractivity contribution in [3.63, 3.8) is 0 Å². The number of nitrogens with two attached hydrogens (primary N) is 1. The summed E-state index contributed by atoms with van der Waals surface area (Å²) < 4.78 is 5.39. The Morgan fingerprint density at radius 3 is 2.80 bits per heavy atom. The van der Waals surface area contributed by atoms with Gasteiger partial charge in [-0.25, -0.2) is 0 Å². The summed E-state index contributed by atoms with van der Waals surface area (Å²) in [6, 6.07) is 5.74. The molecular formula is C11H13N3O. The molecule has 2 aromatic heterocycles. The maximum atomic E-state index is 5.51. The first-order valence-corrected chi connectivity index (χ1v) is 4.88. The van der Waals surface area contributed by atoms with Crippen LogP contribution in [0.2, 0.25) is 0 Å². The summed E-state index contributed by atoms with van der Waals surface area (Å²) in [6.45, 7) is 2.51. The smallest absolute Gasteiger partial charge is 0.157 e. The molecule has 0 aliphatic carbocycles. The van der Waals surface area contributed by atoms with E-state index in [1.807, 2.05) is 25.1 Å². The second-order valence-corrected chi connectivity index (χ2v) is 3.37. The van der Waals surface area contributed by atoms with Crippen LogP contribution in [0, 0.1) is 6.92 Å². The zero-order valence-electron chi connectivity index (χ0n) is 8.60. The summed E-state index contributed by atoms with van der Waals surface area (Å²) in [5.41, 5.74) is 8.24. The molecule has 0 saturated heterocycles. The molecule has 0 atom stereocenters. The number of rotatable bonds is 3. The molecule has 0 radical (unpaired) electrons. The zero-order valence-corrected chi connectivity index (χ0v) is 8.60. The summed E-state index contributed by atoms with van der Waals surface area (Å²) in [7, 11) is 0. The lowest BCUT2D eigenvalue weighted by atomic mass is 10.1. The highest BCUT2D eigenvalue weighted by Crippen LogP contribution is 2.22. The van der Waals surface area contributed by atoms with E-state index in [4.69, 9.17) is 10.2 Å². The molecule has 2 rings (SSSR count). The maximum absolute atomic E-state index is 5.51. The molecule has 2 N–H and O–H groups in total. The highest BCUT2D eigenvalue weighted by molar-refractivity contribution is 5.56. The van der Waals surface area contributed by atoms with Crippen LogP contribution in [0.15, 0.2) is 28.9 Å². The number of furan rings is 1. The largest absolute Gasteiger partial charge is 0.462 e. The molecule has 0 aliphatic rings. The number of nitrogens with zero attached hydrogens (tertiary/aromatic N) is 2. The lowest BCUT2D eigenvalue weighted by Gasteiger charge is -1.99. The van der Waals surface area contributed by atoms with Gasteiger partial charge in [-0.3, -0.25) is 0 Å². The van der Waals surface area contributed by atoms with E-state index < -0.39 is 0 Å². The molecular weight excluding hydrogens is 190 g/mol. The lowest BCUT2D eigenvalue weighted by Crippen LogP contribution is -2.03. The fourth-order valence-corrected chi connectivity index (χ4v) is 1.43. The number of aromatic nitrogens is 2. The molecule has 4 heteroatoms. The van der Waals surface area contributed by atoms with Gasteiger partial charge in [0.05, 0.1) is 12.0 Å². The Bertz CT molecular complexity index is 433. The van der Waals surface area contributed by atoms with Crippen LogP contribution >= 0.6 is 0 Å². The van der Waals surface area contributed by atoms with Crippen molar-refractivity contribution in [3.8, 4) is 11.5 Å². The number of aryl methyl sites for hydroxylation is 1. The van der Waals surface area contributed by atoms with Crippen molar-refractivity contribution in [2.45, 2.75) is 13.3 Å². The topological polar surface area (TPSA) is 64.9 Å². The molecule has 0 fully saturated rings. The second-order valence-electron chi connectivity index (χ2n) is 3.37. The third kappa shape index (κ3) is 2.05. The van der Waals surface area contributed by atoms with Crippen LogP contribution in [0.5, 0.6) is 0 Å². The van der Waals surface area contributed by atoms with E-state index in [1.165, 1.54) is 0 Å². The Morgan fingerprint density at radius 1 is 1.27 bits per heavy atom. The fraction of sp³-hybridized carbons (Fsp3) is 0.273. The van der Waals surface area contributed by atoms with Crippen molar-refractivity contribution in [1.29, 1.82) is 0 Å². The molecule has 78 valence electrons. The predicted octanol–water partition coefficient (Wildman–Crippen LogP) is 1.55. The molecule has 0 saturated carbocycles. The van der Waals surface area contributed by atoms with E-state index in [1.54, 1.807) is 6.26 Å². The average molecular weight is 203 g/mol. The maximum Gasteiger partial charge on any atom is 0.157 e. The molecule has 0 spiro atoms. The van der Waals surface area contributed by atoms with Crippen LogP contribution in [-0.4, -0.2) is 16.7 Å². The summed E-state index contributed by atoms with van der Waals surface area (Å²) in [5.74, 6) is 0.771. The van der Waals surface area contributed by atoms with E-state index in [0.29, 0.717) is 6.54 Å². The molecule has 0 amide bonds. The summed E-state index contributed by atoms with van der Waals surface area (Å²) in [6.07, 6.45) is 2.45. The van der Waals surface area contributed by atoms with Gasteiger partial charge >= 0.3 is 0 Å². The molecule has 2 heterocycles. The van der Waals surface area contributed by atoms with Crippen molar-refractivity contribution in [2.75, 3.05) is 6.54 Å². The Kier molecular flexibility index (Phi) is 2.78. The predicted molar refractivity (Wildman–Crippen MR) is 57.2 cm³/mol. The van der Waals surface area contributed by atoms with Gasteiger partial charge in [0.1, 0.15) is 5.69 Å². The standard InChI is InChI=1S/C11H13N3O/c1-8-2-3-10(14-13-8)11-9(4-6-12)5-7-15-11/h2-3,5,7H,4,6,12H2,1H3. The van der Waals surface area contributed by atoms with Crippen LogP contribution in [0.3, 0.4) is 0 Å². The Hall–Kier alpha value is -1.68. The monoisotopic (exact) mass is 203 g/mol. The second kappa shape index (κ2) is 4.23. The molecule has 0 unspecified atom stereocenters. The number of hydrogen-bond donors (Lipinski definition) is 1. The van der Waals surface area contributed by atoms with E-state index in [-0.39, 0.29) is 0 Å². The van der Waals surface area contributed by atoms with Crippen LogP contribution < -0.4 is 5.73 Å². The minimum atomic E-state index is 0.603. The van der Waals surface area contributed by atoms with Crippen molar-refractivity contribution in [2.24, 2.45) is 5.73 Å². The molecule has 4 nitrogen and oxygen atoms in total. The van der Waals surface area contributed by atoms with Crippen molar-refractivity contribution < 1.29 is 4.42 Å². The summed E-state index contributed by atoms with van der Waals surface area (Å²) >= 11 is 0. The Labute approximate surface area is 88.1 Å². The molecule has 0 aliphatic heterocycles. The van der Waals surface area contributed by atoms with Crippen LogP contribution in [0.1, 0.15) is 11.3 Å². The summed E-state index contributed by atoms with van der Waals surface area (Å²) in [4.78, 5) is 0. The van der Waals surface area contributed by atoms with Gasteiger partial charge in [-0.2, -0.15) is 5.10 Å².